The van der Waals surface area contributed by atoms with Crippen molar-refractivity contribution in [2.24, 2.45) is 5.41 Å². The third kappa shape index (κ3) is 3.64. The van der Waals surface area contributed by atoms with E-state index in [2.05, 4.69) is 9.71 Å². The van der Waals surface area contributed by atoms with Gasteiger partial charge in [0, 0.05) is 18.2 Å². The number of imidazole rings is 1. The number of Topliss-reactive ketones (excluding diaryl/α,β-unsaturated/α-hetero) is 1. The molecule has 1 aromatic rings. The molecule has 0 saturated carbocycles. The first kappa shape index (κ1) is 14.8. The van der Waals surface area contributed by atoms with Crippen LogP contribution in [0.1, 0.15) is 27.7 Å². The molecule has 0 spiro atoms. The minimum absolute atomic E-state index is 0.0638. The lowest BCUT2D eigenvalue weighted by atomic mass is 9.91. The van der Waals surface area contributed by atoms with Crippen molar-refractivity contribution < 1.29 is 13.2 Å². The lowest BCUT2D eigenvalue weighted by Gasteiger charge is -2.16. The van der Waals surface area contributed by atoms with E-state index in [1.165, 1.54) is 12.5 Å². The normalized spacial score (nSPS) is 12.7. The van der Waals surface area contributed by atoms with Crippen LogP contribution in [0.4, 0.5) is 0 Å². The van der Waals surface area contributed by atoms with E-state index in [0.29, 0.717) is 6.54 Å². The van der Waals surface area contributed by atoms with Gasteiger partial charge in [0.2, 0.25) is 0 Å². The highest BCUT2D eigenvalue weighted by Crippen LogP contribution is 2.14. The Morgan fingerprint density at radius 1 is 1.44 bits per heavy atom. The summed E-state index contributed by atoms with van der Waals surface area (Å²) < 4.78 is 27.6. The van der Waals surface area contributed by atoms with Crippen molar-refractivity contribution >= 4 is 15.8 Å². The van der Waals surface area contributed by atoms with Crippen LogP contribution in [-0.4, -0.2) is 30.3 Å². The van der Waals surface area contributed by atoms with Gasteiger partial charge in [0.25, 0.3) is 10.0 Å². The van der Waals surface area contributed by atoms with E-state index >= 15 is 0 Å². The molecule has 0 aliphatic rings. The lowest BCUT2D eigenvalue weighted by Crippen LogP contribution is -2.35. The molecule has 0 amide bonds. The number of hydrogen-bond donors (Lipinski definition) is 1. The molecule has 0 atom stereocenters. The van der Waals surface area contributed by atoms with E-state index in [0.717, 1.165) is 0 Å². The Morgan fingerprint density at radius 2 is 2.06 bits per heavy atom. The summed E-state index contributed by atoms with van der Waals surface area (Å²) in [4.78, 5) is 15.5. The van der Waals surface area contributed by atoms with Crippen LogP contribution in [0.2, 0.25) is 0 Å². The van der Waals surface area contributed by atoms with E-state index in [4.69, 9.17) is 0 Å². The van der Waals surface area contributed by atoms with Crippen molar-refractivity contribution in [3.8, 4) is 0 Å². The molecule has 0 unspecified atom stereocenters. The topological polar surface area (TPSA) is 81.1 Å². The van der Waals surface area contributed by atoms with Crippen LogP contribution >= 0.6 is 0 Å². The SMILES string of the molecule is CCn1cnc(S(=O)(=O)NCC(=O)C(C)(C)C)c1. The Morgan fingerprint density at radius 3 is 2.50 bits per heavy atom. The Bertz CT molecular complexity index is 526. The summed E-state index contributed by atoms with van der Waals surface area (Å²) in [6.45, 7) is 7.54. The zero-order chi connectivity index (χ0) is 14.0. The van der Waals surface area contributed by atoms with Gasteiger partial charge in [0.1, 0.15) is 0 Å². The smallest absolute Gasteiger partial charge is 0.259 e. The van der Waals surface area contributed by atoms with Gasteiger partial charge >= 0.3 is 0 Å². The fourth-order valence-corrected chi connectivity index (χ4v) is 2.08. The largest absolute Gasteiger partial charge is 0.336 e. The molecular weight excluding hydrogens is 254 g/mol. The maximum absolute atomic E-state index is 11.9. The van der Waals surface area contributed by atoms with Crippen molar-refractivity contribution in [2.75, 3.05) is 6.54 Å². The van der Waals surface area contributed by atoms with Gasteiger partial charge in [0.15, 0.2) is 10.8 Å². The fourth-order valence-electron chi connectivity index (χ4n) is 1.15. The molecule has 0 fully saturated rings. The number of aryl methyl sites for hydroxylation is 1. The number of nitrogens with one attached hydrogen (secondary N) is 1. The van der Waals surface area contributed by atoms with Crippen LogP contribution in [0.25, 0.3) is 0 Å². The van der Waals surface area contributed by atoms with Crippen LogP contribution < -0.4 is 4.72 Å². The molecule has 1 heterocycles. The number of ketones is 1. The summed E-state index contributed by atoms with van der Waals surface area (Å²) in [5.74, 6) is -0.166. The third-order valence-corrected chi connectivity index (χ3v) is 3.80. The maximum atomic E-state index is 11.9. The van der Waals surface area contributed by atoms with Gasteiger partial charge < -0.3 is 4.57 Å². The number of rotatable bonds is 5. The molecule has 1 aromatic heterocycles. The van der Waals surface area contributed by atoms with Crippen LogP contribution in [-0.2, 0) is 21.4 Å². The first-order valence-electron chi connectivity index (χ1n) is 5.71. The molecule has 1 rings (SSSR count). The lowest BCUT2D eigenvalue weighted by molar-refractivity contribution is -0.125. The number of carbonyl (C=O) groups excluding carboxylic acids is 1. The Balaban J connectivity index is 2.75. The number of carbonyl (C=O) groups is 1. The Kier molecular flexibility index (Phi) is 4.28. The molecule has 1 N–H and O–H groups in total. The zero-order valence-electron chi connectivity index (χ0n) is 11.1. The minimum atomic E-state index is -3.71. The van der Waals surface area contributed by atoms with E-state index in [1.54, 1.807) is 25.3 Å². The molecule has 18 heavy (non-hydrogen) atoms. The van der Waals surface area contributed by atoms with E-state index in [1.807, 2.05) is 6.92 Å². The molecule has 0 radical (unpaired) electrons. The average molecular weight is 273 g/mol. The van der Waals surface area contributed by atoms with Gasteiger partial charge in [-0.05, 0) is 6.92 Å². The van der Waals surface area contributed by atoms with Gasteiger partial charge in [-0.3, -0.25) is 4.79 Å². The molecule has 0 aliphatic carbocycles. The molecule has 102 valence electrons. The van der Waals surface area contributed by atoms with Crippen molar-refractivity contribution in [3.63, 3.8) is 0 Å². The fraction of sp³-hybridized carbons (Fsp3) is 0.636. The highest BCUT2D eigenvalue weighted by atomic mass is 32.2. The second kappa shape index (κ2) is 5.19. The summed E-state index contributed by atoms with van der Waals surface area (Å²) in [6.07, 6.45) is 2.88. The van der Waals surface area contributed by atoms with Gasteiger partial charge in [-0.1, -0.05) is 20.8 Å². The average Bonchev–Trinajstić information content (AvgIpc) is 2.73. The first-order chi connectivity index (χ1) is 8.16. The van der Waals surface area contributed by atoms with Crippen molar-refractivity contribution in [3.05, 3.63) is 12.5 Å². The van der Waals surface area contributed by atoms with Crippen LogP contribution in [0.15, 0.2) is 17.6 Å². The molecule has 0 bridgehead atoms. The van der Waals surface area contributed by atoms with Crippen molar-refractivity contribution in [2.45, 2.75) is 39.3 Å². The van der Waals surface area contributed by atoms with Crippen LogP contribution in [0, 0.1) is 5.41 Å². The molecule has 0 saturated heterocycles. The quantitative estimate of drug-likeness (QED) is 0.860. The zero-order valence-corrected chi connectivity index (χ0v) is 11.9. The summed E-state index contributed by atoms with van der Waals surface area (Å²) in [7, 11) is -3.71. The molecule has 6 nitrogen and oxygen atoms in total. The van der Waals surface area contributed by atoms with Gasteiger partial charge in [-0.2, -0.15) is 0 Å². The van der Waals surface area contributed by atoms with E-state index < -0.39 is 15.4 Å². The van der Waals surface area contributed by atoms with Crippen molar-refractivity contribution in [1.29, 1.82) is 0 Å². The van der Waals surface area contributed by atoms with Gasteiger partial charge in [-0.15, -0.1) is 0 Å². The number of sulfonamides is 1. The summed E-state index contributed by atoms with van der Waals surface area (Å²) in [5.41, 5.74) is -0.564. The number of hydrogen-bond acceptors (Lipinski definition) is 4. The Hall–Kier alpha value is -1.21. The minimum Gasteiger partial charge on any atom is -0.336 e. The Labute approximate surface area is 107 Å². The second-order valence-electron chi connectivity index (χ2n) is 5.04. The van der Waals surface area contributed by atoms with E-state index in [-0.39, 0.29) is 17.4 Å². The summed E-state index contributed by atoms with van der Waals surface area (Å²) in [5, 5.41) is -0.0638. The molecule has 0 aliphatic heterocycles. The first-order valence-corrected chi connectivity index (χ1v) is 7.20. The van der Waals surface area contributed by atoms with Crippen molar-refractivity contribution in [1.82, 2.24) is 14.3 Å². The number of nitrogens with zero attached hydrogens (tertiary/aromatic N) is 2. The van der Waals surface area contributed by atoms with Crippen LogP contribution in [0.3, 0.4) is 0 Å². The predicted molar refractivity (Wildman–Crippen MR) is 67.6 cm³/mol. The molecular formula is C11H19N3O3S. The van der Waals surface area contributed by atoms with Gasteiger partial charge in [-0.25, -0.2) is 18.1 Å². The monoisotopic (exact) mass is 273 g/mol. The van der Waals surface area contributed by atoms with E-state index in [9.17, 15) is 13.2 Å². The highest BCUT2D eigenvalue weighted by molar-refractivity contribution is 7.89. The van der Waals surface area contributed by atoms with Gasteiger partial charge in [0.05, 0.1) is 12.9 Å². The highest BCUT2D eigenvalue weighted by Gasteiger charge is 2.24. The summed E-state index contributed by atoms with van der Waals surface area (Å²) >= 11 is 0. The standard InChI is InChI=1S/C11H19N3O3S/c1-5-14-7-10(12-8-14)18(16,17)13-6-9(15)11(2,3)4/h7-8,13H,5-6H2,1-4H3. The number of aromatic nitrogens is 2. The summed E-state index contributed by atoms with van der Waals surface area (Å²) in [6, 6.07) is 0. The predicted octanol–water partition coefficient (Wildman–Crippen LogP) is 0.796. The molecule has 7 heteroatoms. The second-order valence-corrected chi connectivity index (χ2v) is 6.75. The third-order valence-electron chi connectivity index (χ3n) is 2.51. The van der Waals surface area contributed by atoms with Crippen LogP contribution in [0.5, 0.6) is 0 Å². The maximum Gasteiger partial charge on any atom is 0.259 e. The molecule has 0 aromatic carbocycles.